The summed E-state index contributed by atoms with van der Waals surface area (Å²) in [7, 11) is 1.68. The van der Waals surface area contributed by atoms with Crippen molar-refractivity contribution in [3.8, 4) is 0 Å². The van der Waals surface area contributed by atoms with Crippen molar-refractivity contribution in [3.63, 3.8) is 0 Å². The number of carbonyl (C=O) groups is 2. The zero-order valence-electron chi connectivity index (χ0n) is 12.7. The Labute approximate surface area is 125 Å². The van der Waals surface area contributed by atoms with Crippen molar-refractivity contribution >= 4 is 11.8 Å². The molecule has 5 heteroatoms. The molecule has 114 valence electrons. The highest BCUT2D eigenvalue weighted by atomic mass is 16.2. The van der Waals surface area contributed by atoms with Crippen LogP contribution in [0.1, 0.15) is 24.5 Å². The summed E-state index contributed by atoms with van der Waals surface area (Å²) in [6.45, 7) is 3.45. The van der Waals surface area contributed by atoms with Crippen LogP contribution in [0.15, 0.2) is 24.3 Å². The van der Waals surface area contributed by atoms with E-state index in [9.17, 15) is 9.59 Å². The first-order valence-electron chi connectivity index (χ1n) is 7.43. The molecule has 21 heavy (non-hydrogen) atoms. The van der Waals surface area contributed by atoms with E-state index in [0.717, 1.165) is 6.42 Å². The van der Waals surface area contributed by atoms with Gasteiger partial charge in [-0.15, -0.1) is 0 Å². The highest BCUT2D eigenvalue weighted by molar-refractivity contribution is 5.87. The molecule has 0 saturated carbocycles. The Kier molecular flexibility index (Phi) is 5.33. The third kappa shape index (κ3) is 4.04. The van der Waals surface area contributed by atoms with E-state index in [2.05, 4.69) is 22.8 Å². The fraction of sp³-hybridized carbons (Fsp3) is 0.500. The maximum atomic E-state index is 12.4. The quantitative estimate of drug-likeness (QED) is 0.838. The molecule has 1 aliphatic rings. The Morgan fingerprint density at radius 2 is 2.05 bits per heavy atom. The number of benzene rings is 1. The van der Waals surface area contributed by atoms with Crippen LogP contribution in [0.5, 0.6) is 0 Å². The van der Waals surface area contributed by atoms with Gasteiger partial charge in [-0.05, 0) is 24.0 Å². The zero-order valence-corrected chi connectivity index (χ0v) is 12.7. The summed E-state index contributed by atoms with van der Waals surface area (Å²) in [6, 6.07) is 7.89. The Bertz CT molecular complexity index is 516. The van der Waals surface area contributed by atoms with Gasteiger partial charge in [0, 0.05) is 20.1 Å². The van der Waals surface area contributed by atoms with Crippen LogP contribution in [0.2, 0.25) is 0 Å². The van der Waals surface area contributed by atoms with Crippen molar-refractivity contribution in [1.29, 1.82) is 0 Å². The number of likely N-dealkylation sites (N-methyl/N-ethyl adjacent to an activating group) is 1. The number of rotatable bonds is 5. The van der Waals surface area contributed by atoms with E-state index >= 15 is 0 Å². The second-order valence-electron chi connectivity index (χ2n) is 5.45. The third-order valence-electron chi connectivity index (χ3n) is 3.71. The predicted octanol–water partition coefficient (Wildman–Crippen LogP) is 0.686. The Balaban J connectivity index is 1.90. The molecule has 0 aliphatic carbocycles. The van der Waals surface area contributed by atoms with Crippen LogP contribution in [0, 0.1) is 0 Å². The molecule has 0 bridgehead atoms. The van der Waals surface area contributed by atoms with Gasteiger partial charge in [0.05, 0.1) is 12.6 Å². The lowest BCUT2D eigenvalue weighted by molar-refractivity contribution is -0.136. The first-order chi connectivity index (χ1) is 10.1. The summed E-state index contributed by atoms with van der Waals surface area (Å²) in [5.41, 5.74) is 2.45. The largest absolute Gasteiger partial charge is 0.355 e. The zero-order chi connectivity index (χ0) is 15.2. The first kappa shape index (κ1) is 15.5. The SMILES string of the molecule is CCCNC(=O)CN(C)C(=O)[C@H]1Cc2ccccc2CN1. The molecular formula is C16H23N3O2. The number of hydrogen-bond acceptors (Lipinski definition) is 3. The summed E-state index contributed by atoms with van der Waals surface area (Å²) < 4.78 is 0. The van der Waals surface area contributed by atoms with E-state index < -0.39 is 0 Å². The highest BCUT2D eigenvalue weighted by Gasteiger charge is 2.26. The number of nitrogens with zero attached hydrogens (tertiary/aromatic N) is 1. The molecule has 0 unspecified atom stereocenters. The third-order valence-corrected chi connectivity index (χ3v) is 3.71. The second-order valence-corrected chi connectivity index (χ2v) is 5.45. The lowest BCUT2D eigenvalue weighted by Gasteiger charge is -2.28. The molecule has 5 nitrogen and oxygen atoms in total. The first-order valence-corrected chi connectivity index (χ1v) is 7.43. The van der Waals surface area contributed by atoms with Gasteiger partial charge in [0.15, 0.2) is 0 Å². The van der Waals surface area contributed by atoms with Gasteiger partial charge in [0.25, 0.3) is 0 Å². The average molecular weight is 289 g/mol. The fourth-order valence-corrected chi connectivity index (χ4v) is 2.51. The van der Waals surface area contributed by atoms with Gasteiger partial charge < -0.3 is 15.5 Å². The molecule has 2 N–H and O–H groups in total. The molecule has 1 atom stereocenters. The molecule has 1 heterocycles. The van der Waals surface area contributed by atoms with E-state index in [0.29, 0.717) is 19.5 Å². The number of fused-ring (bicyclic) bond motifs is 1. The average Bonchev–Trinajstić information content (AvgIpc) is 2.51. The molecule has 2 amide bonds. The minimum Gasteiger partial charge on any atom is -0.355 e. The van der Waals surface area contributed by atoms with E-state index in [1.54, 1.807) is 7.05 Å². The topological polar surface area (TPSA) is 61.4 Å². The fourth-order valence-electron chi connectivity index (χ4n) is 2.51. The predicted molar refractivity (Wildman–Crippen MR) is 81.7 cm³/mol. The maximum Gasteiger partial charge on any atom is 0.240 e. The molecular weight excluding hydrogens is 266 g/mol. The van der Waals surface area contributed by atoms with Crippen LogP contribution in [0.3, 0.4) is 0 Å². The van der Waals surface area contributed by atoms with E-state index in [-0.39, 0.29) is 24.4 Å². The summed E-state index contributed by atoms with van der Waals surface area (Å²) in [5.74, 6) is -0.139. The number of carbonyl (C=O) groups excluding carboxylic acids is 2. The van der Waals surface area contributed by atoms with Gasteiger partial charge in [0.2, 0.25) is 11.8 Å². The van der Waals surface area contributed by atoms with Gasteiger partial charge in [-0.25, -0.2) is 0 Å². The number of nitrogens with one attached hydrogen (secondary N) is 2. The van der Waals surface area contributed by atoms with Crippen LogP contribution in [0.4, 0.5) is 0 Å². The number of hydrogen-bond donors (Lipinski definition) is 2. The van der Waals surface area contributed by atoms with Crippen LogP contribution >= 0.6 is 0 Å². The molecule has 0 spiro atoms. The smallest absolute Gasteiger partial charge is 0.240 e. The highest BCUT2D eigenvalue weighted by Crippen LogP contribution is 2.17. The van der Waals surface area contributed by atoms with Gasteiger partial charge in [0.1, 0.15) is 0 Å². The van der Waals surface area contributed by atoms with Gasteiger partial charge >= 0.3 is 0 Å². The lowest BCUT2D eigenvalue weighted by atomic mass is 9.95. The van der Waals surface area contributed by atoms with Gasteiger partial charge in [-0.2, -0.15) is 0 Å². The molecule has 2 rings (SSSR count). The van der Waals surface area contributed by atoms with Crippen LogP contribution in [-0.2, 0) is 22.6 Å². The second kappa shape index (κ2) is 7.22. The maximum absolute atomic E-state index is 12.4. The van der Waals surface area contributed by atoms with E-state index in [4.69, 9.17) is 0 Å². The molecule has 0 radical (unpaired) electrons. The van der Waals surface area contributed by atoms with Crippen LogP contribution in [0.25, 0.3) is 0 Å². The molecule has 1 aromatic rings. The molecule has 0 fully saturated rings. The Morgan fingerprint density at radius 1 is 1.33 bits per heavy atom. The number of amides is 2. The lowest BCUT2D eigenvalue weighted by Crippen LogP contribution is -2.50. The summed E-state index contributed by atoms with van der Waals surface area (Å²) >= 11 is 0. The van der Waals surface area contributed by atoms with Crippen molar-refractivity contribution in [1.82, 2.24) is 15.5 Å². The summed E-state index contributed by atoms with van der Waals surface area (Å²) in [4.78, 5) is 25.6. The molecule has 0 aromatic heterocycles. The Morgan fingerprint density at radius 3 is 2.76 bits per heavy atom. The van der Waals surface area contributed by atoms with Crippen molar-refractivity contribution in [2.45, 2.75) is 32.4 Å². The van der Waals surface area contributed by atoms with Crippen molar-refractivity contribution < 1.29 is 9.59 Å². The van der Waals surface area contributed by atoms with Crippen molar-refractivity contribution in [2.75, 3.05) is 20.1 Å². The minimum atomic E-state index is -0.246. The molecule has 0 saturated heterocycles. The van der Waals surface area contributed by atoms with E-state index in [1.807, 2.05) is 19.1 Å². The Hall–Kier alpha value is -1.88. The standard InChI is InChI=1S/C16H23N3O2/c1-3-8-17-15(20)11-19(2)16(21)14-9-12-6-4-5-7-13(12)10-18-14/h4-7,14,18H,3,8-11H2,1-2H3,(H,17,20)/t14-/m1/s1. The molecule has 1 aromatic carbocycles. The van der Waals surface area contributed by atoms with Crippen molar-refractivity contribution in [2.24, 2.45) is 0 Å². The summed E-state index contributed by atoms with van der Waals surface area (Å²) in [5, 5.41) is 6.03. The summed E-state index contributed by atoms with van der Waals surface area (Å²) in [6.07, 6.45) is 1.57. The minimum absolute atomic E-state index is 0.0313. The van der Waals surface area contributed by atoms with Gasteiger partial charge in [-0.1, -0.05) is 31.2 Å². The van der Waals surface area contributed by atoms with E-state index in [1.165, 1.54) is 16.0 Å². The molecule has 1 aliphatic heterocycles. The van der Waals surface area contributed by atoms with Crippen LogP contribution < -0.4 is 10.6 Å². The normalized spacial score (nSPS) is 17.0. The monoisotopic (exact) mass is 289 g/mol. The van der Waals surface area contributed by atoms with Crippen LogP contribution in [-0.4, -0.2) is 42.9 Å². The van der Waals surface area contributed by atoms with Gasteiger partial charge in [-0.3, -0.25) is 9.59 Å². The van der Waals surface area contributed by atoms with Crippen molar-refractivity contribution in [3.05, 3.63) is 35.4 Å².